The van der Waals surface area contributed by atoms with E-state index in [1.54, 1.807) is 13.0 Å². The van der Waals surface area contributed by atoms with Gasteiger partial charge in [-0.2, -0.15) is 0 Å². The predicted molar refractivity (Wildman–Crippen MR) is 92.9 cm³/mol. The van der Waals surface area contributed by atoms with Crippen LogP contribution in [0, 0.1) is 6.92 Å². The highest BCUT2D eigenvalue weighted by Crippen LogP contribution is 2.09. The Labute approximate surface area is 136 Å². The third-order valence-electron chi connectivity index (χ3n) is 3.26. The molecule has 0 aliphatic carbocycles. The minimum absolute atomic E-state index is 0.253. The van der Waals surface area contributed by atoms with Crippen LogP contribution >= 0.6 is 0 Å². The molecule has 2 aromatic rings. The Morgan fingerprint density at radius 1 is 1.04 bits per heavy atom. The van der Waals surface area contributed by atoms with E-state index in [1.807, 2.05) is 61.5 Å². The molecular weight excluding hydrogens is 288 g/mol. The molecule has 0 aromatic heterocycles. The second-order valence-corrected chi connectivity index (χ2v) is 5.33. The summed E-state index contributed by atoms with van der Waals surface area (Å²) in [6.07, 6.45) is 3.13. The number of carbonyl (C=O) groups excluding carboxylic acids is 2. The largest absolute Gasteiger partial charge is 0.341 e. The van der Waals surface area contributed by atoms with E-state index in [0.717, 1.165) is 16.8 Å². The number of aryl methyl sites for hydroxylation is 1. The summed E-state index contributed by atoms with van der Waals surface area (Å²) in [6.45, 7) is 3.61. The zero-order valence-electron chi connectivity index (χ0n) is 13.2. The fourth-order valence-electron chi connectivity index (χ4n) is 2.04. The van der Waals surface area contributed by atoms with Gasteiger partial charge < -0.3 is 10.6 Å². The molecule has 0 saturated heterocycles. The molecule has 1 unspecified atom stereocenters. The fraction of sp³-hybridized carbons (Fsp3) is 0.158. The molecule has 0 aliphatic heterocycles. The van der Waals surface area contributed by atoms with Gasteiger partial charge in [0.25, 0.3) is 0 Å². The van der Waals surface area contributed by atoms with Crippen molar-refractivity contribution in [2.75, 3.05) is 5.32 Å². The minimum atomic E-state index is -0.622. The SMILES string of the molecule is Cc1cccc(NC(=O)C(C)NC(=O)/C=C/c2ccccc2)c1. The summed E-state index contributed by atoms with van der Waals surface area (Å²) in [6, 6.07) is 16.4. The summed E-state index contributed by atoms with van der Waals surface area (Å²) in [5.41, 5.74) is 2.71. The number of hydrogen-bond donors (Lipinski definition) is 2. The van der Waals surface area contributed by atoms with E-state index in [2.05, 4.69) is 10.6 Å². The maximum atomic E-state index is 12.1. The van der Waals surface area contributed by atoms with Gasteiger partial charge in [0.15, 0.2) is 0 Å². The minimum Gasteiger partial charge on any atom is -0.341 e. The predicted octanol–water partition coefficient (Wildman–Crippen LogP) is 3.15. The van der Waals surface area contributed by atoms with Crippen LogP contribution in [0.2, 0.25) is 0 Å². The van der Waals surface area contributed by atoms with Gasteiger partial charge in [0.05, 0.1) is 0 Å². The van der Waals surface area contributed by atoms with Gasteiger partial charge in [0.1, 0.15) is 6.04 Å². The Morgan fingerprint density at radius 2 is 1.78 bits per heavy atom. The smallest absolute Gasteiger partial charge is 0.246 e. The van der Waals surface area contributed by atoms with E-state index in [4.69, 9.17) is 0 Å². The van der Waals surface area contributed by atoms with Crippen LogP contribution in [0.25, 0.3) is 6.08 Å². The van der Waals surface area contributed by atoms with Crippen LogP contribution in [0.4, 0.5) is 5.69 Å². The number of nitrogens with one attached hydrogen (secondary N) is 2. The molecular formula is C19H20N2O2. The lowest BCUT2D eigenvalue weighted by Crippen LogP contribution is -2.40. The standard InChI is InChI=1S/C19H20N2O2/c1-14-7-6-10-17(13-14)21-19(23)15(2)20-18(22)12-11-16-8-4-3-5-9-16/h3-13,15H,1-2H3,(H,20,22)(H,21,23)/b12-11+. The Bertz CT molecular complexity index is 708. The quantitative estimate of drug-likeness (QED) is 0.834. The first-order chi connectivity index (χ1) is 11.0. The van der Waals surface area contributed by atoms with E-state index in [0.29, 0.717) is 0 Å². The lowest BCUT2D eigenvalue weighted by atomic mass is 10.2. The summed E-state index contributed by atoms with van der Waals surface area (Å²) in [7, 11) is 0. The Balaban J connectivity index is 1.88. The van der Waals surface area contributed by atoms with Gasteiger partial charge >= 0.3 is 0 Å². The molecule has 23 heavy (non-hydrogen) atoms. The normalized spacial score (nSPS) is 11.9. The molecule has 0 spiro atoms. The summed E-state index contributed by atoms with van der Waals surface area (Å²) < 4.78 is 0. The Morgan fingerprint density at radius 3 is 2.48 bits per heavy atom. The van der Waals surface area contributed by atoms with E-state index in [9.17, 15) is 9.59 Å². The molecule has 2 N–H and O–H groups in total. The van der Waals surface area contributed by atoms with Crippen molar-refractivity contribution in [2.45, 2.75) is 19.9 Å². The molecule has 0 aliphatic rings. The highest BCUT2D eigenvalue weighted by atomic mass is 16.2. The van der Waals surface area contributed by atoms with Gasteiger partial charge in [-0.05, 0) is 43.2 Å². The zero-order chi connectivity index (χ0) is 16.7. The molecule has 118 valence electrons. The van der Waals surface area contributed by atoms with Gasteiger partial charge in [-0.3, -0.25) is 9.59 Å². The third-order valence-corrected chi connectivity index (χ3v) is 3.26. The summed E-state index contributed by atoms with van der Waals surface area (Å²) >= 11 is 0. The van der Waals surface area contributed by atoms with Crippen molar-refractivity contribution in [3.63, 3.8) is 0 Å². The maximum Gasteiger partial charge on any atom is 0.246 e. The van der Waals surface area contributed by atoms with Crippen LogP contribution in [0.1, 0.15) is 18.1 Å². The summed E-state index contributed by atoms with van der Waals surface area (Å²) in [5, 5.41) is 5.43. The van der Waals surface area contributed by atoms with Crippen molar-refractivity contribution in [2.24, 2.45) is 0 Å². The average molecular weight is 308 g/mol. The van der Waals surface area contributed by atoms with Crippen LogP contribution in [-0.4, -0.2) is 17.9 Å². The van der Waals surface area contributed by atoms with E-state index < -0.39 is 6.04 Å². The monoisotopic (exact) mass is 308 g/mol. The van der Waals surface area contributed by atoms with Gasteiger partial charge in [-0.15, -0.1) is 0 Å². The van der Waals surface area contributed by atoms with Crippen LogP contribution < -0.4 is 10.6 Å². The topological polar surface area (TPSA) is 58.2 Å². The molecule has 2 amide bonds. The van der Waals surface area contributed by atoms with Crippen molar-refractivity contribution in [3.05, 3.63) is 71.8 Å². The molecule has 0 bridgehead atoms. The Kier molecular flexibility index (Phi) is 5.69. The van der Waals surface area contributed by atoms with Crippen molar-refractivity contribution in [1.29, 1.82) is 0 Å². The molecule has 2 aromatic carbocycles. The van der Waals surface area contributed by atoms with Crippen molar-refractivity contribution in [1.82, 2.24) is 5.32 Å². The molecule has 0 heterocycles. The second kappa shape index (κ2) is 7.94. The average Bonchev–Trinajstić information content (AvgIpc) is 2.54. The van der Waals surface area contributed by atoms with Crippen molar-refractivity contribution >= 4 is 23.6 Å². The van der Waals surface area contributed by atoms with Crippen LogP contribution in [0.3, 0.4) is 0 Å². The first kappa shape index (κ1) is 16.5. The van der Waals surface area contributed by atoms with E-state index in [-0.39, 0.29) is 11.8 Å². The van der Waals surface area contributed by atoms with Gasteiger partial charge in [0, 0.05) is 11.8 Å². The number of hydrogen-bond acceptors (Lipinski definition) is 2. The number of carbonyl (C=O) groups is 2. The first-order valence-corrected chi connectivity index (χ1v) is 7.46. The highest BCUT2D eigenvalue weighted by molar-refractivity contribution is 5.99. The molecule has 2 rings (SSSR count). The molecule has 4 heteroatoms. The highest BCUT2D eigenvalue weighted by Gasteiger charge is 2.14. The van der Waals surface area contributed by atoms with Crippen LogP contribution in [0.15, 0.2) is 60.7 Å². The molecule has 0 fully saturated rings. The molecule has 1 atom stereocenters. The number of anilines is 1. The zero-order valence-corrected chi connectivity index (χ0v) is 13.2. The second-order valence-electron chi connectivity index (χ2n) is 5.33. The van der Waals surface area contributed by atoms with E-state index >= 15 is 0 Å². The fourth-order valence-corrected chi connectivity index (χ4v) is 2.04. The van der Waals surface area contributed by atoms with Crippen molar-refractivity contribution in [3.8, 4) is 0 Å². The van der Waals surface area contributed by atoms with Crippen molar-refractivity contribution < 1.29 is 9.59 Å². The van der Waals surface area contributed by atoms with Crippen LogP contribution in [0.5, 0.6) is 0 Å². The van der Waals surface area contributed by atoms with Gasteiger partial charge in [-0.25, -0.2) is 0 Å². The number of benzene rings is 2. The van der Waals surface area contributed by atoms with Crippen LogP contribution in [-0.2, 0) is 9.59 Å². The first-order valence-electron chi connectivity index (χ1n) is 7.46. The Hall–Kier alpha value is -2.88. The number of amides is 2. The lowest BCUT2D eigenvalue weighted by molar-refractivity contribution is -0.123. The summed E-state index contributed by atoms with van der Waals surface area (Å²) in [5.74, 6) is -0.558. The third kappa shape index (κ3) is 5.43. The van der Waals surface area contributed by atoms with Gasteiger partial charge in [0.2, 0.25) is 11.8 Å². The maximum absolute atomic E-state index is 12.1. The number of rotatable bonds is 5. The van der Waals surface area contributed by atoms with Gasteiger partial charge in [-0.1, -0.05) is 42.5 Å². The van der Waals surface area contributed by atoms with E-state index in [1.165, 1.54) is 6.08 Å². The summed E-state index contributed by atoms with van der Waals surface area (Å²) in [4.78, 5) is 23.9. The molecule has 0 radical (unpaired) electrons. The molecule has 4 nitrogen and oxygen atoms in total. The lowest BCUT2D eigenvalue weighted by Gasteiger charge is -2.13. The molecule has 0 saturated carbocycles.